The molecule has 0 bridgehead atoms. The van der Waals surface area contributed by atoms with Crippen LogP contribution < -0.4 is 4.74 Å². The molecule has 0 saturated carbocycles. The molecular weight excluding hydrogens is 276 g/mol. The molecule has 3 rings (SSSR count). The van der Waals surface area contributed by atoms with Gasteiger partial charge in [0.25, 0.3) is 0 Å². The van der Waals surface area contributed by atoms with E-state index in [4.69, 9.17) is 4.74 Å². The minimum absolute atomic E-state index is 0.185. The summed E-state index contributed by atoms with van der Waals surface area (Å²) in [5.41, 5.74) is 2.70. The summed E-state index contributed by atoms with van der Waals surface area (Å²) in [5, 5.41) is 10.1. The highest BCUT2D eigenvalue weighted by molar-refractivity contribution is 5.73. The van der Waals surface area contributed by atoms with Gasteiger partial charge in [-0.3, -0.25) is 0 Å². The van der Waals surface area contributed by atoms with Crippen molar-refractivity contribution < 1.29 is 9.84 Å². The molecule has 1 aromatic heterocycles. The van der Waals surface area contributed by atoms with Crippen molar-refractivity contribution in [2.24, 2.45) is 0 Å². The van der Waals surface area contributed by atoms with Crippen LogP contribution in [0.5, 0.6) is 11.5 Å². The second-order valence-corrected chi connectivity index (χ2v) is 5.05. The molecule has 22 heavy (non-hydrogen) atoms. The molecule has 0 fully saturated rings. The average Bonchev–Trinajstić information content (AvgIpc) is 3.06. The molecule has 0 spiro atoms. The highest BCUT2D eigenvalue weighted by Crippen LogP contribution is 2.36. The molecule has 4 heteroatoms. The van der Waals surface area contributed by atoms with Crippen molar-refractivity contribution in [3.05, 3.63) is 66.6 Å². The number of phenols is 1. The van der Waals surface area contributed by atoms with Crippen molar-refractivity contribution in [2.75, 3.05) is 6.61 Å². The monoisotopic (exact) mass is 294 g/mol. The lowest BCUT2D eigenvalue weighted by Gasteiger charge is -2.12. The molecule has 0 atom stereocenters. The van der Waals surface area contributed by atoms with Crippen LogP contribution >= 0.6 is 0 Å². The van der Waals surface area contributed by atoms with Crippen LogP contribution in [0, 0.1) is 0 Å². The quantitative estimate of drug-likeness (QED) is 0.680. The van der Waals surface area contributed by atoms with Gasteiger partial charge < -0.3 is 14.8 Å². The van der Waals surface area contributed by atoms with E-state index in [9.17, 15) is 5.11 Å². The smallest absolute Gasteiger partial charge is 0.132 e. The van der Waals surface area contributed by atoms with Gasteiger partial charge in [-0.1, -0.05) is 36.4 Å². The minimum Gasteiger partial charge on any atom is -0.507 e. The maximum atomic E-state index is 10.1. The summed E-state index contributed by atoms with van der Waals surface area (Å²) in [6.07, 6.45) is 5.15. The summed E-state index contributed by atoms with van der Waals surface area (Å²) in [4.78, 5) is 6.99. The number of imidazole rings is 1. The van der Waals surface area contributed by atoms with E-state index in [0.717, 1.165) is 18.5 Å². The van der Waals surface area contributed by atoms with Gasteiger partial charge in [0.2, 0.25) is 0 Å². The van der Waals surface area contributed by atoms with Gasteiger partial charge in [0.15, 0.2) is 0 Å². The van der Waals surface area contributed by atoms with Crippen molar-refractivity contribution in [1.29, 1.82) is 0 Å². The largest absolute Gasteiger partial charge is 0.507 e. The molecule has 1 heterocycles. The fourth-order valence-corrected chi connectivity index (χ4v) is 2.41. The van der Waals surface area contributed by atoms with Crippen molar-refractivity contribution in [3.8, 4) is 22.8 Å². The Hall–Kier alpha value is -2.75. The van der Waals surface area contributed by atoms with Crippen LogP contribution in [0.1, 0.15) is 12.0 Å². The third-order valence-corrected chi connectivity index (χ3v) is 3.48. The van der Waals surface area contributed by atoms with Gasteiger partial charge in [-0.2, -0.15) is 0 Å². The number of aromatic nitrogens is 2. The Labute approximate surface area is 129 Å². The summed E-state index contributed by atoms with van der Waals surface area (Å²) in [6.45, 7) is 0.597. The first kappa shape index (κ1) is 14.2. The number of hydrogen-bond donors (Lipinski definition) is 2. The Balaban J connectivity index is 1.65. The highest BCUT2D eigenvalue weighted by Gasteiger charge is 2.12. The molecule has 0 aliphatic heterocycles. The van der Waals surface area contributed by atoms with E-state index in [-0.39, 0.29) is 5.75 Å². The summed E-state index contributed by atoms with van der Waals surface area (Å²) in [7, 11) is 0. The number of nitrogens with zero attached hydrogens (tertiary/aromatic N) is 1. The summed E-state index contributed by atoms with van der Waals surface area (Å²) >= 11 is 0. The van der Waals surface area contributed by atoms with Crippen molar-refractivity contribution >= 4 is 0 Å². The Morgan fingerprint density at radius 2 is 1.91 bits per heavy atom. The molecule has 0 aliphatic rings. The Morgan fingerprint density at radius 1 is 1.05 bits per heavy atom. The van der Waals surface area contributed by atoms with Gasteiger partial charge in [-0.25, -0.2) is 4.98 Å². The zero-order valence-electron chi connectivity index (χ0n) is 12.2. The van der Waals surface area contributed by atoms with Crippen LogP contribution in [-0.4, -0.2) is 21.7 Å². The summed E-state index contributed by atoms with van der Waals surface area (Å²) in [5.74, 6) is 0.849. The number of hydrogen-bond acceptors (Lipinski definition) is 3. The second kappa shape index (κ2) is 6.80. The number of nitrogens with one attached hydrogen (secondary N) is 1. The number of aromatic amines is 1. The molecule has 112 valence electrons. The van der Waals surface area contributed by atoms with Crippen LogP contribution in [0.25, 0.3) is 11.3 Å². The first-order valence-corrected chi connectivity index (χ1v) is 7.32. The maximum Gasteiger partial charge on any atom is 0.132 e. The van der Waals surface area contributed by atoms with Crippen LogP contribution in [0.4, 0.5) is 0 Å². The fourth-order valence-electron chi connectivity index (χ4n) is 2.41. The van der Waals surface area contributed by atoms with Crippen LogP contribution in [-0.2, 0) is 6.42 Å². The lowest BCUT2D eigenvalue weighted by atomic mass is 10.1. The van der Waals surface area contributed by atoms with E-state index >= 15 is 0 Å². The van der Waals surface area contributed by atoms with Crippen LogP contribution in [0.2, 0.25) is 0 Å². The summed E-state index contributed by atoms with van der Waals surface area (Å²) in [6, 6.07) is 15.6. The predicted molar refractivity (Wildman–Crippen MR) is 85.9 cm³/mol. The van der Waals surface area contributed by atoms with Gasteiger partial charge in [-0.05, 0) is 30.5 Å². The van der Waals surface area contributed by atoms with Gasteiger partial charge in [0.05, 0.1) is 30.4 Å². The SMILES string of the molecule is Oc1cccc(OCCCc2ccccc2)c1-c1cnc[nH]1. The second-order valence-electron chi connectivity index (χ2n) is 5.05. The summed E-state index contributed by atoms with van der Waals surface area (Å²) < 4.78 is 5.86. The lowest BCUT2D eigenvalue weighted by Crippen LogP contribution is -2.01. The first-order chi connectivity index (χ1) is 10.8. The number of phenolic OH excluding ortho intramolecular Hbond substituents is 1. The van der Waals surface area contributed by atoms with Crippen molar-refractivity contribution in [3.63, 3.8) is 0 Å². The Morgan fingerprint density at radius 3 is 2.68 bits per heavy atom. The topological polar surface area (TPSA) is 58.1 Å². The van der Waals surface area contributed by atoms with E-state index in [2.05, 4.69) is 22.1 Å². The molecular formula is C18H18N2O2. The van der Waals surface area contributed by atoms with E-state index in [1.165, 1.54) is 5.56 Å². The predicted octanol–water partition coefficient (Wildman–Crippen LogP) is 3.79. The van der Waals surface area contributed by atoms with E-state index in [1.807, 2.05) is 24.3 Å². The molecule has 0 amide bonds. The Bertz CT molecular complexity index is 709. The van der Waals surface area contributed by atoms with Gasteiger partial charge in [0, 0.05) is 0 Å². The van der Waals surface area contributed by atoms with Crippen molar-refractivity contribution in [1.82, 2.24) is 9.97 Å². The molecule has 4 nitrogen and oxygen atoms in total. The average molecular weight is 294 g/mol. The molecule has 0 saturated heterocycles. The molecule has 0 unspecified atom stereocenters. The third-order valence-electron chi connectivity index (χ3n) is 3.48. The fraction of sp³-hybridized carbons (Fsp3) is 0.167. The zero-order chi connectivity index (χ0) is 15.2. The van der Waals surface area contributed by atoms with Crippen LogP contribution in [0.3, 0.4) is 0 Å². The normalized spacial score (nSPS) is 10.5. The standard InChI is InChI=1S/C18H18N2O2/c21-16-9-4-10-17(18(16)15-12-19-13-20-15)22-11-5-8-14-6-2-1-3-7-14/h1-4,6-7,9-10,12-13,21H,5,8,11H2,(H,19,20). The number of ether oxygens (including phenoxy) is 1. The zero-order valence-corrected chi connectivity index (χ0v) is 12.2. The number of aromatic hydroxyl groups is 1. The molecule has 0 radical (unpaired) electrons. The molecule has 0 aliphatic carbocycles. The maximum absolute atomic E-state index is 10.1. The molecule has 3 aromatic rings. The van der Waals surface area contributed by atoms with Gasteiger partial charge in [-0.15, -0.1) is 0 Å². The van der Waals surface area contributed by atoms with Gasteiger partial charge in [0.1, 0.15) is 11.5 Å². The highest BCUT2D eigenvalue weighted by atomic mass is 16.5. The van der Waals surface area contributed by atoms with E-state index < -0.39 is 0 Å². The van der Waals surface area contributed by atoms with Gasteiger partial charge >= 0.3 is 0 Å². The first-order valence-electron chi connectivity index (χ1n) is 7.32. The third kappa shape index (κ3) is 3.28. The van der Waals surface area contributed by atoms with Crippen molar-refractivity contribution in [2.45, 2.75) is 12.8 Å². The minimum atomic E-state index is 0.185. The lowest BCUT2D eigenvalue weighted by molar-refractivity contribution is 0.310. The number of benzene rings is 2. The molecule has 2 aromatic carbocycles. The van der Waals surface area contributed by atoms with E-state index in [0.29, 0.717) is 17.9 Å². The molecule has 2 N–H and O–H groups in total. The number of rotatable bonds is 6. The van der Waals surface area contributed by atoms with E-state index in [1.54, 1.807) is 24.7 Å². The number of H-pyrrole nitrogens is 1. The van der Waals surface area contributed by atoms with Crippen LogP contribution in [0.15, 0.2) is 61.1 Å². The number of aryl methyl sites for hydroxylation is 1. The Kier molecular flexibility index (Phi) is 4.39.